The van der Waals surface area contributed by atoms with Gasteiger partial charge in [-0.3, -0.25) is 0 Å². The Morgan fingerprint density at radius 3 is 2.46 bits per heavy atom. The summed E-state index contributed by atoms with van der Waals surface area (Å²) in [5.74, 6) is 0.317. The van der Waals surface area contributed by atoms with Crippen LogP contribution >= 0.6 is 0 Å². The topological polar surface area (TPSA) is 27.7 Å². The molecule has 1 aliphatic heterocycles. The molecule has 0 saturated carbocycles. The monoisotopic (exact) mass is 188 g/mol. The van der Waals surface area contributed by atoms with Crippen molar-refractivity contribution in [3.05, 3.63) is 0 Å². The van der Waals surface area contributed by atoms with Crippen LogP contribution in [0.2, 0.25) is 0 Å². The molecule has 0 aromatic heterocycles. The fourth-order valence-electron chi connectivity index (χ4n) is 1.86. The van der Waals surface area contributed by atoms with Crippen LogP contribution in [0.15, 0.2) is 0 Å². The van der Waals surface area contributed by atoms with E-state index in [1.54, 1.807) is 14.2 Å². The van der Waals surface area contributed by atoms with Gasteiger partial charge in [0, 0.05) is 26.6 Å². The summed E-state index contributed by atoms with van der Waals surface area (Å²) in [5.41, 5.74) is 0. The van der Waals surface area contributed by atoms with Crippen LogP contribution in [0.1, 0.15) is 26.7 Å². The minimum Gasteiger partial charge on any atom is -0.381 e. The Kier molecular flexibility index (Phi) is 4.16. The Morgan fingerprint density at radius 1 is 1.31 bits per heavy atom. The Balaban J connectivity index is 2.56. The predicted octanol–water partition coefficient (Wildman–Crippen LogP) is 1.81. The van der Waals surface area contributed by atoms with Crippen molar-refractivity contribution < 1.29 is 14.2 Å². The summed E-state index contributed by atoms with van der Waals surface area (Å²) in [6.45, 7) is 4.23. The zero-order valence-electron chi connectivity index (χ0n) is 8.95. The third-order valence-electron chi connectivity index (χ3n) is 2.83. The predicted molar refractivity (Wildman–Crippen MR) is 50.5 cm³/mol. The molecule has 1 aliphatic rings. The third kappa shape index (κ3) is 2.42. The van der Waals surface area contributed by atoms with E-state index < -0.39 is 0 Å². The lowest BCUT2D eigenvalue weighted by Gasteiger charge is -2.38. The van der Waals surface area contributed by atoms with Crippen molar-refractivity contribution in [3.63, 3.8) is 0 Å². The summed E-state index contributed by atoms with van der Waals surface area (Å²) in [6, 6.07) is 0. The number of hydrogen-bond donors (Lipinski definition) is 0. The molecule has 0 spiro atoms. The first-order valence-electron chi connectivity index (χ1n) is 4.94. The summed E-state index contributed by atoms with van der Waals surface area (Å²) in [7, 11) is 3.44. The Bertz CT molecular complexity index is 135. The van der Waals surface area contributed by atoms with E-state index in [-0.39, 0.29) is 18.5 Å². The molecule has 0 aromatic rings. The van der Waals surface area contributed by atoms with E-state index in [4.69, 9.17) is 14.2 Å². The normalized spacial score (nSPS) is 40.6. The molecule has 3 nitrogen and oxygen atoms in total. The van der Waals surface area contributed by atoms with E-state index in [1.807, 2.05) is 0 Å². The third-order valence-corrected chi connectivity index (χ3v) is 2.83. The summed E-state index contributed by atoms with van der Waals surface area (Å²) >= 11 is 0. The maximum absolute atomic E-state index is 5.73. The van der Waals surface area contributed by atoms with Gasteiger partial charge in [-0.1, -0.05) is 13.8 Å². The van der Waals surface area contributed by atoms with Crippen molar-refractivity contribution >= 4 is 0 Å². The molecular weight excluding hydrogens is 168 g/mol. The maximum atomic E-state index is 5.73. The molecule has 1 heterocycles. The lowest BCUT2D eigenvalue weighted by Crippen LogP contribution is -2.44. The molecule has 78 valence electrons. The molecule has 1 saturated heterocycles. The highest BCUT2D eigenvalue weighted by Crippen LogP contribution is 2.28. The SMILES string of the molecule is CCC1CC(OC)C(C)[C@H](OC)O1. The van der Waals surface area contributed by atoms with Crippen LogP contribution in [0, 0.1) is 5.92 Å². The zero-order chi connectivity index (χ0) is 9.84. The van der Waals surface area contributed by atoms with Crippen molar-refractivity contribution in [1.29, 1.82) is 0 Å². The van der Waals surface area contributed by atoms with Gasteiger partial charge in [0.25, 0.3) is 0 Å². The minimum absolute atomic E-state index is 0.108. The summed E-state index contributed by atoms with van der Waals surface area (Å²) in [6.07, 6.45) is 2.44. The molecular formula is C10H20O3. The zero-order valence-corrected chi connectivity index (χ0v) is 8.95. The molecule has 3 unspecified atom stereocenters. The van der Waals surface area contributed by atoms with E-state index in [0.29, 0.717) is 5.92 Å². The quantitative estimate of drug-likeness (QED) is 0.676. The van der Waals surface area contributed by atoms with Crippen LogP contribution in [0.5, 0.6) is 0 Å². The van der Waals surface area contributed by atoms with Gasteiger partial charge >= 0.3 is 0 Å². The average Bonchev–Trinajstić information content (AvgIpc) is 2.18. The first-order chi connectivity index (χ1) is 6.22. The van der Waals surface area contributed by atoms with Crippen molar-refractivity contribution in [2.75, 3.05) is 14.2 Å². The second-order valence-electron chi connectivity index (χ2n) is 3.64. The number of methoxy groups -OCH3 is 2. The summed E-state index contributed by atoms with van der Waals surface area (Å²) < 4.78 is 16.4. The standard InChI is InChI=1S/C10H20O3/c1-5-8-6-9(11-3)7(2)10(12-4)13-8/h7-10H,5-6H2,1-4H3/t7?,8?,9?,10-/m1/s1. The molecule has 1 fully saturated rings. The Hall–Kier alpha value is -0.120. The second-order valence-corrected chi connectivity index (χ2v) is 3.64. The van der Waals surface area contributed by atoms with Gasteiger partial charge in [-0.15, -0.1) is 0 Å². The van der Waals surface area contributed by atoms with Gasteiger partial charge in [0.05, 0.1) is 12.2 Å². The van der Waals surface area contributed by atoms with Crippen LogP contribution in [0.4, 0.5) is 0 Å². The van der Waals surface area contributed by atoms with E-state index >= 15 is 0 Å². The van der Waals surface area contributed by atoms with Crippen molar-refractivity contribution in [2.24, 2.45) is 5.92 Å². The smallest absolute Gasteiger partial charge is 0.162 e. The highest BCUT2D eigenvalue weighted by molar-refractivity contribution is 4.79. The fourth-order valence-corrected chi connectivity index (χ4v) is 1.86. The van der Waals surface area contributed by atoms with Gasteiger partial charge < -0.3 is 14.2 Å². The van der Waals surface area contributed by atoms with Crippen molar-refractivity contribution in [3.8, 4) is 0 Å². The van der Waals surface area contributed by atoms with Gasteiger partial charge in [-0.25, -0.2) is 0 Å². The van der Waals surface area contributed by atoms with E-state index in [2.05, 4.69) is 13.8 Å². The van der Waals surface area contributed by atoms with Crippen molar-refractivity contribution in [1.82, 2.24) is 0 Å². The molecule has 0 bridgehead atoms. The highest BCUT2D eigenvalue weighted by atomic mass is 16.7. The van der Waals surface area contributed by atoms with Crippen LogP contribution < -0.4 is 0 Å². The first kappa shape index (κ1) is 11.0. The number of hydrogen-bond acceptors (Lipinski definition) is 3. The van der Waals surface area contributed by atoms with E-state index in [9.17, 15) is 0 Å². The van der Waals surface area contributed by atoms with Gasteiger partial charge in [-0.05, 0) is 6.42 Å². The lowest BCUT2D eigenvalue weighted by molar-refractivity contribution is -0.237. The molecule has 4 atom stereocenters. The maximum Gasteiger partial charge on any atom is 0.162 e. The van der Waals surface area contributed by atoms with Crippen LogP contribution in [0.25, 0.3) is 0 Å². The van der Waals surface area contributed by atoms with Crippen LogP contribution in [-0.4, -0.2) is 32.7 Å². The molecule has 0 N–H and O–H groups in total. The average molecular weight is 188 g/mol. The molecule has 0 radical (unpaired) electrons. The van der Waals surface area contributed by atoms with E-state index in [0.717, 1.165) is 12.8 Å². The highest BCUT2D eigenvalue weighted by Gasteiger charge is 2.35. The minimum atomic E-state index is -0.108. The van der Waals surface area contributed by atoms with Gasteiger partial charge in [0.1, 0.15) is 0 Å². The molecule has 0 aliphatic carbocycles. The lowest BCUT2D eigenvalue weighted by atomic mass is 9.94. The van der Waals surface area contributed by atoms with Crippen LogP contribution in [0.3, 0.4) is 0 Å². The fraction of sp³-hybridized carbons (Fsp3) is 1.00. The van der Waals surface area contributed by atoms with Gasteiger partial charge in [0.15, 0.2) is 6.29 Å². The summed E-state index contributed by atoms with van der Waals surface area (Å²) in [5, 5.41) is 0. The molecule has 0 amide bonds. The molecule has 1 rings (SSSR count). The second kappa shape index (κ2) is 4.94. The number of ether oxygens (including phenoxy) is 3. The Morgan fingerprint density at radius 2 is 2.00 bits per heavy atom. The largest absolute Gasteiger partial charge is 0.381 e. The van der Waals surface area contributed by atoms with E-state index in [1.165, 1.54) is 0 Å². The Labute approximate surface area is 80.4 Å². The summed E-state index contributed by atoms with van der Waals surface area (Å²) in [4.78, 5) is 0. The molecule has 3 heteroatoms. The number of rotatable bonds is 3. The van der Waals surface area contributed by atoms with Crippen LogP contribution in [-0.2, 0) is 14.2 Å². The first-order valence-corrected chi connectivity index (χ1v) is 4.94. The van der Waals surface area contributed by atoms with Gasteiger partial charge in [0.2, 0.25) is 0 Å². The molecule has 13 heavy (non-hydrogen) atoms. The van der Waals surface area contributed by atoms with Crippen molar-refractivity contribution in [2.45, 2.75) is 45.2 Å². The van der Waals surface area contributed by atoms with Gasteiger partial charge in [-0.2, -0.15) is 0 Å². The molecule has 0 aromatic carbocycles.